The van der Waals surface area contributed by atoms with Gasteiger partial charge in [0.2, 0.25) is 0 Å². The molecule has 2 N–H and O–H groups in total. The van der Waals surface area contributed by atoms with Crippen LogP contribution in [0, 0.1) is 11.8 Å². The van der Waals surface area contributed by atoms with Crippen LogP contribution in [0.15, 0.2) is 0 Å². The first-order chi connectivity index (χ1) is 6.74. The minimum Gasteiger partial charge on any atom is -0.385 e. The molecule has 0 aromatic rings. The van der Waals surface area contributed by atoms with Crippen LogP contribution < -0.4 is 5.73 Å². The number of fused-ring (bicyclic) bond motifs is 2. The molecule has 3 atom stereocenters. The Morgan fingerprint density at radius 2 is 2.21 bits per heavy atom. The highest BCUT2D eigenvalue weighted by molar-refractivity contribution is 5.03. The summed E-state index contributed by atoms with van der Waals surface area (Å²) in [6.45, 7) is 0.893. The molecule has 0 aromatic heterocycles. The predicted octanol–water partition coefficient (Wildman–Crippen LogP) is 2.32. The second kappa shape index (κ2) is 4.19. The molecule has 0 spiro atoms. The Labute approximate surface area is 87.2 Å². The fourth-order valence-corrected chi connectivity index (χ4v) is 3.49. The van der Waals surface area contributed by atoms with Crippen molar-refractivity contribution in [2.75, 3.05) is 13.7 Å². The first-order valence-electron chi connectivity index (χ1n) is 6.02. The third-order valence-electron chi connectivity index (χ3n) is 4.26. The van der Waals surface area contributed by atoms with E-state index in [0.29, 0.717) is 0 Å². The molecule has 2 heteroatoms. The predicted molar refractivity (Wildman–Crippen MR) is 58.1 cm³/mol. The molecule has 2 fully saturated rings. The van der Waals surface area contributed by atoms with E-state index in [0.717, 1.165) is 18.4 Å². The third-order valence-corrected chi connectivity index (χ3v) is 4.26. The van der Waals surface area contributed by atoms with Gasteiger partial charge in [-0.2, -0.15) is 0 Å². The van der Waals surface area contributed by atoms with E-state index in [1.165, 1.54) is 44.9 Å². The normalized spacial score (nSPS) is 40.7. The zero-order chi connectivity index (χ0) is 10.0. The molecule has 2 aliphatic rings. The molecule has 0 amide bonds. The lowest BCUT2D eigenvalue weighted by Crippen LogP contribution is -2.44. The molecule has 2 aliphatic carbocycles. The Balaban J connectivity index is 1.74. The Kier molecular flexibility index (Phi) is 3.13. The fourth-order valence-electron chi connectivity index (χ4n) is 3.49. The second-order valence-electron chi connectivity index (χ2n) is 5.26. The molecule has 0 radical (unpaired) electrons. The SMILES string of the molecule is COCCCCC1(N)CC2CCC1C2. The van der Waals surface area contributed by atoms with Crippen molar-refractivity contribution in [2.45, 2.75) is 50.5 Å². The fraction of sp³-hybridized carbons (Fsp3) is 1.00. The highest BCUT2D eigenvalue weighted by Crippen LogP contribution is 2.51. The molecule has 3 unspecified atom stereocenters. The summed E-state index contributed by atoms with van der Waals surface area (Å²) >= 11 is 0. The number of rotatable bonds is 5. The summed E-state index contributed by atoms with van der Waals surface area (Å²) in [5, 5.41) is 0. The van der Waals surface area contributed by atoms with Crippen LogP contribution in [0.2, 0.25) is 0 Å². The van der Waals surface area contributed by atoms with Gasteiger partial charge in [-0.1, -0.05) is 6.42 Å². The average molecular weight is 197 g/mol. The number of nitrogens with two attached hydrogens (primary N) is 1. The summed E-state index contributed by atoms with van der Waals surface area (Å²) in [6, 6.07) is 0. The van der Waals surface area contributed by atoms with E-state index in [-0.39, 0.29) is 5.54 Å². The lowest BCUT2D eigenvalue weighted by molar-refractivity contribution is 0.182. The number of unbranched alkanes of at least 4 members (excludes halogenated alkanes) is 1. The summed E-state index contributed by atoms with van der Waals surface area (Å²) in [5.41, 5.74) is 6.69. The van der Waals surface area contributed by atoms with Gasteiger partial charge in [-0.05, 0) is 50.4 Å². The average Bonchev–Trinajstić information content (AvgIpc) is 2.72. The maximum atomic E-state index is 6.49. The largest absolute Gasteiger partial charge is 0.385 e. The van der Waals surface area contributed by atoms with Gasteiger partial charge >= 0.3 is 0 Å². The van der Waals surface area contributed by atoms with Crippen molar-refractivity contribution in [3.05, 3.63) is 0 Å². The van der Waals surface area contributed by atoms with Gasteiger partial charge in [0.15, 0.2) is 0 Å². The molecule has 2 nitrogen and oxygen atoms in total. The molecule has 0 aromatic carbocycles. The number of methoxy groups -OCH3 is 1. The minimum atomic E-state index is 0.205. The summed E-state index contributed by atoms with van der Waals surface area (Å²) in [6.07, 6.45) is 9.19. The van der Waals surface area contributed by atoms with Crippen molar-refractivity contribution in [3.8, 4) is 0 Å². The Morgan fingerprint density at radius 1 is 1.36 bits per heavy atom. The van der Waals surface area contributed by atoms with Crippen molar-refractivity contribution < 1.29 is 4.74 Å². The van der Waals surface area contributed by atoms with E-state index >= 15 is 0 Å². The van der Waals surface area contributed by atoms with Crippen LogP contribution in [-0.4, -0.2) is 19.3 Å². The maximum Gasteiger partial charge on any atom is 0.0462 e. The van der Waals surface area contributed by atoms with Crippen LogP contribution >= 0.6 is 0 Å². The van der Waals surface area contributed by atoms with Crippen LogP contribution in [0.3, 0.4) is 0 Å². The summed E-state index contributed by atoms with van der Waals surface area (Å²) in [7, 11) is 1.77. The van der Waals surface area contributed by atoms with Crippen molar-refractivity contribution in [1.82, 2.24) is 0 Å². The van der Waals surface area contributed by atoms with Gasteiger partial charge < -0.3 is 10.5 Å². The van der Waals surface area contributed by atoms with E-state index in [1.54, 1.807) is 7.11 Å². The Bertz CT molecular complexity index is 195. The third kappa shape index (κ3) is 1.96. The van der Waals surface area contributed by atoms with Crippen LogP contribution in [0.25, 0.3) is 0 Å². The van der Waals surface area contributed by atoms with Gasteiger partial charge in [-0.3, -0.25) is 0 Å². The van der Waals surface area contributed by atoms with Crippen molar-refractivity contribution in [1.29, 1.82) is 0 Å². The standard InChI is InChI=1S/C12H23NO/c1-14-7-3-2-6-12(13)9-10-4-5-11(12)8-10/h10-11H,2-9,13H2,1H3. The van der Waals surface area contributed by atoms with Crippen LogP contribution in [0.4, 0.5) is 0 Å². The van der Waals surface area contributed by atoms with Crippen LogP contribution in [0.1, 0.15) is 44.9 Å². The van der Waals surface area contributed by atoms with Gasteiger partial charge in [-0.15, -0.1) is 0 Å². The molecule has 14 heavy (non-hydrogen) atoms. The van der Waals surface area contributed by atoms with Crippen LogP contribution in [-0.2, 0) is 4.74 Å². The van der Waals surface area contributed by atoms with Gasteiger partial charge in [0.25, 0.3) is 0 Å². The summed E-state index contributed by atoms with van der Waals surface area (Å²) in [4.78, 5) is 0. The number of ether oxygens (including phenoxy) is 1. The quantitative estimate of drug-likeness (QED) is 0.686. The Hall–Kier alpha value is -0.0800. The minimum absolute atomic E-state index is 0.205. The zero-order valence-electron chi connectivity index (χ0n) is 9.30. The monoisotopic (exact) mass is 197 g/mol. The topological polar surface area (TPSA) is 35.2 Å². The molecule has 82 valence electrons. The molecular weight excluding hydrogens is 174 g/mol. The molecule has 0 aliphatic heterocycles. The van der Waals surface area contributed by atoms with E-state index in [9.17, 15) is 0 Å². The first kappa shape index (κ1) is 10.4. The van der Waals surface area contributed by atoms with Gasteiger partial charge in [0.05, 0.1) is 0 Å². The lowest BCUT2D eigenvalue weighted by Gasteiger charge is -2.34. The van der Waals surface area contributed by atoms with E-state index in [4.69, 9.17) is 10.5 Å². The van der Waals surface area contributed by atoms with Gasteiger partial charge in [0.1, 0.15) is 0 Å². The number of hydrogen-bond donors (Lipinski definition) is 1. The molecule has 0 saturated heterocycles. The summed E-state index contributed by atoms with van der Waals surface area (Å²) in [5.74, 6) is 1.81. The molecular formula is C12H23NO. The number of hydrogen-bond acceptors (Lipinski definition) is 2. The van der Waals surface area contributed by atoms with E-state index in [1.807, 2.05) is 0 Å². The lowest BCUT2D eigenvalue weighted by atomic mass is 9.78. The highest BCUT2D eigenvalue weighted by Gasteiger charge is 2.47. The van der Waals surface area contributed by atoms with Gasteiger partial charge in [-0.25, -0.2) is 0 Å². The van der Waals surface area contributed by atoms with Crippen molar-refractivity contribution >= 4 is 0 Å². The van der Waals surface area contributed by atoms with Crippen molar-refractivity contribution in [2.24, 2.45) is 17.6 Å². The van der Waals surface area contributed by atoms with Crippen molar-refractivity contribution in [3.63, 3.8) is 0 Å². The Morgan fingerprint density at radius 3 is 2.79 bits per heavy atom. The molecule has 0 heterocycles. The molecule has 2 saturated carbocycles. The van der Waals surface area contributed by atoms with Crippen LogP contribution in [0.5, 0.6) is 0 Å². The highest BCUT2D eigenvalue weighted by atomic mass is 16.5. The van der Waals surface area contributed by atoms with E-state index in [2.05, 4.69) is 0 Å². The second-order valence-corrected chi connectivity index (χ2v) is 5.26. The zero-order valence-corrected chi connectivity index (χ0v) is 9.30. The molecule has 2 bridgehead atoms. The first-order valence-corrected chi connectivity index (χ1v) is 6.02. The van der Waals surface area contributed by atoms with Gasteiger partial charge in [0, 0.05) is 19.3 Å². The summed E-state index contributed by atoms with van der Waals surface area (Å²) < 4.78 is 5.06. The van der Waals surface area contributed by atoms with E-state index < -0.39 is 0 Å². The molecule has 2 rings (SSSR count). The smallest absolute Gasteiger partial charge is 0.0462 e. The maximum absolute atomic E-state index is 6.49.